The highest BCUT2D eigenvalue weighted by Gasteiger charge is 2.42. The fraction of sp³-hybridized carbons (Fsp3) is 0.600. The van der Waals surface area contributed by atoms with Crippen LogP contribution in [0.5, 0.6) is 0 Å². The van der Waals surface area contributed by atoms with Crippen molar-refractivity contribution in [2.75, 3.05) is 26.0 Å². The smallest absolute Gasteiger partial charge is 0.244 e. The summed E-state index contributed by atoms with van der Waals surface area (Å²) in [6, 6.07) is 2.10. The quantitative estimate of drug-likeness (QED) is 0.476. The van der Waals surface area contributed by atoms with Crippen LogP contribution in [0.15, 0.2) is 21.7 Å². The van der Waals surface area contributed by atoms with E-state index in [0.29, 0.717) is 5.69 Å². The van der Waals surface area contributed by atoms with E-state index in [1.807, 2.05) is 0 Å². The molecule has 2 heterocycles. The Kier molecular flexibility index (Phi) is 5.38. The third-order valence-corrected chi connectivity index (χ3v) is 6.48. The molecular formula is C15H22N4O7S. The minimum atomic E-state index is -3.76. The lowest BCUT2D eigenvalue weighted by atomic mass is 9.93. The van der Waals surface area contributed by atoms with Gasteiger partial charge in [-0.25, -0.2) is 17.4 Å². The first-order valence-corrected chi connectivity index (χ1v) is 9.69. The van der Waals surface area contributed by atoms with Crippen molar-refractivity contribution >= 4 is 26.7 Å². The van der Waals surface area contributed by atoms with Gasteiger partial charge in [-0.2, -0.15) is 0 Å². The average Bonchev–Trinajstić information content (AvgIpc) is 3.11. The van der Waals surface area contributed by atoms with E-state index in [1.54, 1.807) is 6.92 Å². The van der Waals surface area contributed by atoms with Crippen LogP contribution in [0, 0.1) is 0 Å². The number of anilines is 1. The zero-order valence-corrected chi connectivity index (χ0v) is 15.8. The summed E-state index contributed by atoms with van der Waals surface area (Å²) in [5, 5.41) is 40.2. The number of hydrogen-bond donors (Lipinski definition) is 4. The second-order valence-electron chi connectivity index (χ2n) is 6.57. The molecule has 0 saturated carbocycles. The standard InChI is InChI=1S/C15H22N4O7S/c1-7-11(15(22)14(21)9(6-20)25-7)16-8-4-5-10(27(23,24)19(2)3)13-12(8)17-26-18-13/h4-5,7,9,11,14-16,20-22H,6H2,1-3H3. The first kappa shape index (κ1) is 19.9. The van der Waals surface area contributed by atoms with Gasteiger partial charge >= 0.3 is 0 Å². The normalized spacial score (nSPS) is 29.4. The van der Waals surface area contributed by atoms with Gasteiger partial charge in [-0.05, 0) is 29.4 Å². The van der Waals surface area contributed by atoms with E-state index >= 15 is 0 Å². The predicted octanol–water partition coefficient (Wildman–Crippen LogP) is -1.24. The van der Waals surface area contributed by atoms with Crippen LogP contribution in [0.4, 0.5) is 5.69 Å². The van der Waals surface area contributed by atoms with Crippen molar-refractivity contribution in [3.05, 3.63) is 12.1 Å². The minimum Gasteiger partial charge on any atom is -0.394 e. The number of aromatic nitrogens is 2. The molecule has 2 aromatic rings. The molecule has 1 aliphatic heterocycles. The molecule has 12 heteroatoms. The summed E-state index contributed by atoms with van der Waals surface area (Å²) < 4.78 is 36.2. The summed E-state index contributed by atoms with van der Waals surface area (Å²) in [5.74, 6) is 0. The molecule has 1 aliphatic rings. The molecule has 5 unspecified atom stereocenters. The number of ether oxygens (including phenoxy) is 1. The van der Waals surface area contributed by atoms with E-state index in [2.05, 4.69) is 15.6 Å². The summed E-state index contributed by atoms with van der Waals surface area (Å²) >= 11 is 0. The Morgan fingerprint density at radius 1 is 1.19 bits per heavy atom. The van der Waals surface area contributed by atoms with Crippen LogP contribution in [-0.4, -0.2) is 89.5 Å². The molecule has 150 valence electrons. The highest BCUT2D eigenvalue weighted by Crippen LogP contribution is 2.31. The van der Waals surface area contributed by atoms with E-state index in [1.165, 1.54) is 26.2 Å². The number of hydrogen-bond acceptors (Lipinski definition) is 10. The maximum absolute atomic E-state index is 12.4. The van der Waals surface area contributed by atoms with Crippen molar-refractivity contribution in [3.8, 4) is 0 Å². The van der Waals surface area contributed by atoms with Gasteiger partial charge in [0, 0.05) is 14.1 Å². The molecule has 11 nitrogen and oxygen atoms in total. The average molecular weight is 402 g/mol. The molecule has 4 N–H and O–H groups in total. The van der Waals surface area contributed by atoms with Crippen LogP contribution >= 0.6 is 0 Å². The van der Waals surface area contributed by atoms with Crippen LogP contribution < -0.4 is 5.32 Å². The lowest BCUT2D eigenvalue weighted by Gasteiger charge is -2.41. The van der Waals surface area contributed by atoms with Crippen LogP contribution in [-0.2, 0) is 14.8 Å². The largest absolute Gasteiger partial charge is 0.394 e. The van der Waals surface area contributed by atoms with Crippen LogP contribution in [0.25, 0.3) is 11.0 Å². The molecule has 0 amide bonds. The monoisotopic (exact) mass is 402 g/mol. The molecular weight excluding hydrogens is 380 g/mol. The molecule has 0 spiro atoms. The Labute approximate surface area is 155 Å². The Hall–Kier alpha value is -1.83. The van der Waals surface area contributed by atoms with Gasteiger partial charge in [-0.1, -0.05) is 0 Å². The van der Waals surface area contributed by atoms with Crippen molar-refractivity contribution in [3.63, 3.8) is 0 Å². The topological polar surface area (TPSA) is 158 Å². The number of nitrogens with one attached hydrogen (secondary N) is 1. The molecule has 1 aromatic heterocycles. The lowest BCUT2D eigenvalue weighted by molar-refractivity contribution is -0.180. The zero-order chi connectivity index (χ0) is 19.9. The van der Waals surface area contributed by atoms with E-state index < -0.39 is 47.1 Å². The second-order valence-corrected chi connectivity index (χ2v) is 8.69. The zero-order valence-electron chi connectivity index (χ0n) is 15.0. The predicted molar refractivity (Wildman–Crippen MR) is 93.5 cm³/mol. The van der Waals surface area contributed by atoms with E-state index in [9.17, 15) is 23.7 Å². The first-order chi connectivity index (χ1) is 12.7. The molecule has 0 radical (unpaired) electrons. The van der Waals surface area contributed by atoms with Gasteiger partial charge in [0.25, 0.3) is 0 Å². The second kappa shape index (κ2) is 7.30. The number of fused-ring (bicyclic) bond motifs is 1. The minimum absolute atomic E-state index is 0.0429. The van der Waals surface area contributed by atoms with Gasteiger partial charge in [-0.15, -0.1) is 0 Å². The van der Waals surface area contributed by atoms with Crippen LogP contribution in [0.2, 0.25) is 0 Å². The number of benzene rings is 1. The Morgan fingerprint density at radius 3 is 2.48 bits per heavy atom. The molecule has 27 heavy (non-hydrogen) atoms. The van der Waals surface area contributed by atoms with Crippen molar-refractivity contribution in [2.45, 2.75) is 42.3 Å². The number of sulfonamides is 1. The summed E-state index contributed by atoms with van der Waals surface area (Å²) in [4.78, 5) is -0.0665. The van der Waals surface area contributed by atoms with E-state index in [4.69, 9.17) is 9.37 Å². The molecule has 5 atom stereocenters. The molecule has 1 saturated heterocycles. The maximum atomic E-state index is 12.4. The summed E-state index contributed by atoms with van der Waals surface area (Å²) in [6.45, 7) is 1.25. The number of aliphatic hydroxyl groups is 3. The highest BCUT2D eigenvalue weighted by molar-refractivity contribution is 7.89. The first-order valence-electron chi connectivity index (χ1n) is 8.25. The van der Waals surface area contributed by atoms with Crippen molar-refractivity contribution in [2.24, 2.45) is 0 Å². The fourth-order valence-electron chi connectivity index (χ4n) is 3.05. The SMILES string of the molecule is CC1OC(CO)C(O)C(O)C1Nc1ccc(S(=O)(=O)N(C)C)c2nonc12. The van der Waals surface area contributed by atoms with Crippen molar-refractivity contribution in [1.29, 1.82) is 0 Å². The highest BCUT2D eigenvalue weighted by atomic mass is 32.2. The number of rotatable bonds is 5. The van der Waals surface area contributed by atoms with E-state index in [0.717, 1.165) is 4.31 Å². The number of aliphatic hydroxyl groups excluding tert-OH is 3. The molecule has 0 bridgehead atoms. The molecule has 1 aromatic carbocycles. The van der Waals surface area contributed by atoms with Crippen molar-refractivity contribution in [1.82, 2.24) is 14.6 Å². The lowest BCUT2D eigenvalue weighted by Crippen LogP contribution is -2.60. The van der Waals surface area contributed by atoms with Gasteiger partial charge in [0.15, 0.2) is 11.0 Å². The summed E-state index contributed by atoms with van der Waals surface area (Å²) in [7, 11) is -0.963. The molecule has 0 aliphatic carbocycles. The Balaban J connectivity index is 1.97. The third-order valence-electron chi connectivity index (χ3n) is 4.63. The third kappa shape index (κ3) is 3.39. The van der Waals surface area contributed by atoms with Gasteiger partial charge in [0.05, 0.1) is 24.4 Å². The van der Waals surface area contributed by atoms with Crippen LogP contribution in [0.1, 0.15) is 6.92 Å². The summed E-state index contributed by atoms with van der Waals surface area (Å²) in [6.07, 6.45) is -3.97. The Bertz CT molecular complexity index is 916. The maximum Gasteiger partial charge on any atom is 0.244 e. The van der Waals surface area contributed by atoms with Crippen molar-refractivity contribution < 1.29 is 33.1 Å². The fourth-order valence-corrected chi connectivity index (χ4v) is 4.06. The van der Waals surface area contributed by atoms with Gasteiger partial charge in [0.1, 0.15) is 23.2 Å². The molecule has 1 fully saturated rings. The van der Waals surface area contributed by atoms with E-state index in [-0.39, 0.29) is 15.9 Å². The number of nitrogens with zero attached hydrogens (tertiary/aromatic N) is 3. The molecule has 3 rings (SSSR count). The van der Waals surface area contributed by atoms with Gasteiger partial charge < -0.3 is 25.4 Å². The Morgan fingerprint density at radius 2 is 1.85 bits per heavy atom. The summed E-state index contributed by atoms with van der Waals surface area (Å²) in [5.41, 5.74) is 0.565. The van der Waals surface area contributed by atoms with Gasteiger partial charge in [-0.3, -0.25) is 0 Å². The van der Waals surface area contributed by atoms with Gasteiger partial charge in [0.2, 0.25) is 10.0 Å². The van der Waals surface area contributed by atoms with Crippen LogP contribution in [0.3, 0.4) is 0 Å².